The molecule has 2 aromatic heterocycles. The van der Waals surface area contributed by atoms with E-state index < -0.39 is 10.5 Å². The average Bonchev–Trinajstić information content (AvgIpc) is 3.31. The Hall–Kier alpha value is -4.09. The van der Waals surface area contributed by atoms with Crippen LogP contribution in [0.25, 0.3) is 44.0 Å². The minimum absolute atomic E-state index is 0.0493. The average molecular weight is 557 g/mol. The van der Waals surface area contributed by atoms with Gasteiger partial charge >= 0.3 is 10.5 Å². The van der Waals surface area contributed by atoms with Crippen LogP contribution >= 0.6 is 0 Å². The molecule has 8 heteroatoms. The molecule has 0 spiro atoms. The van der Waals surface area contributed by atoms with Crippen molar-refractivity contribution in [3.8, 4) is 29.2 Å². The third-order valence-corrected chi connectivity index (χ3v) is 8.38. The number of aromatic amines is 1. The minimum atomic E-state index is -5.17. The summed E-state index contributed by atoms with van der Waals surface area (Å²) in [6, 6.07) is 16.2. The van der Waals surface area contributed by atoms with Crippen LogP contribution < -0.4 is 9.61 Å². The van der Waals surface area contributed by atoms with Crippen molar-refractivity contribution in [2.75, 3.05) is 0 Å². The van der Waals surface area contributed by atoms with E-state index in [2.05, 4.69) is 19.7 Å². The molecule has 1 aliphatic carbocycles. The summed E-state index contributed by atoms with van der Waals surface area (Å²) in [7, 11) is -5.17. The second-order valence-corrected chi connectivity index (χ2v) is 11.8. The van der Waals surface area contributed by atoms with Gasteiger partial charge in [-0.3, -0.25) is 4.79 Å². The van der Waals surface area contributed by atoms with E-state index in [-0.39, 0.29) is 23.1 Å². The number of nitrogens with zero attached hydrogens (tertiary/aromatic N) is 1. The van der Waals surface area contributed by atoms with Crippen molar-refractivity contribution in [3.63, 3.8) is 0 Å². The molecule has 40 heavy (non-hydrogen) atoms. The molecule has 6 nitrogen and oxygen atoms in total. The van der Waals surface area contributed by atoms with Crippen molar-refractivity contribution in [1.29, 1.82) is 0 Å². The minimum Gasteiger partial charge on any atom is -0.358 e. The summed E-state index contributed by atoms with van der Waals surface area (Å²) >= 11 is 0. The number of H-pyrrole nitrogens is 1. The maximum Gasteiger partial charge on any atom is 0.488 e. The highest BCUT2D eigenvalue weighted by atomic mass is 32.3. The Balaban J connectivity index is 1.71. The Labute approximate surface area is 232 Å². The zero-order valence-electron chi connectivity index (χ0n) is 22.3. The van der Waals surface area contributed by atoms with Crippen LogP contribution in [0.3, 0.4) is 0 Å². The summed E-state index contributed by atoms with van der Waals surface area (Å²) in [5.41, 5.74) is 5.52. The first-order valence-corrected chi connectivity index (χ1v) is 14.8. The molecule has 0 saturated heterocycles. The fraction of sp³-hybridized carbons (Fsp3) is 0.281. The number of terminal acetylenes is 1. The van der Waals surface area contributed by atoms with Crippen LogP contribution in [0.5, 0.6) is 5.75 Å². The summed E-state index contributed by atoms with van der Waals surface area (Å²) in [6.07, 6.45) is 11.1. The van der Waals surface area contributed by atoms with Gasteiger partial charge in [0.2, 0.25) is 0 Å². The van der Waals surface area contributed by atoms with Crippen LogP contribution in [0.2, 0.25) is 0 Å². The zero-order valence-corrected chi connectivity index (χ0v) is 23.1. The van der Waals surface area contributed by atoms with Crippen LogP contribution in [0.1, 0.15) is 69.0 Å². The van der Waals surface area contributed by atoms with Crippen LogP contribution in [0.15, 0.2) is 59.4 Å². The van der Waals surface area contributed by atoms with Crippen LogP contribution in [0, 0.1) is 12.3 Å². The maximum absolute atomic E-state index is 14.2. The van der Waals surface area contributed by atoms with Gasteiger partial charge in [0.1, 0.15) is 11.4 Å². The Bertz CT molecular complexity index is 2010. The van der Waals surface area contributed by atoms with Crippen LogP contribution in [-0.2, 0) is 10.5 Å². The van der Waals surface area contributed by atoms with E-state index in [4.69, 9.17) is 6.42 Å². The summed E-state index contributed by atoms with van der Waals surface area (Å²) < 4.78 is 42.4. The molecular weight excluding hydrogens is 527 g/mol. The van der Waals surface area contributed by atoms with Crippen molar-refractivity contribution in [3.05, 3.63) is 75.9 Å². The van der Waals surface area contributed by atoms with Crippen molar-refractivity contribution in [1.82, 2.24) is 9.55 Å². The lowest BCUT2D eigenvalue weighted by molar-refractivity contribution is 0.365. The molecule has 0 aliphatic heterocycles. The van der Waals surface area contributed by atoms with Crippen molar-refractivity contribution in [2.45, 2.75) is 57.9 Å². The van der Waals surface area contributed by atoms with E-state index in [9.17, 15) is 17.1 Å². The summed E-state index contributed by atoms with van der Waals surface area (Å²) in [4.78, 5) is 17.7. The van der Waals surface area contributed by atoms with E-state index in [1.807, 2.05) is 50.2 Å². The highest BCUT2D eigenvalue weighted by Gasteiger charge is 2.25. The number of benzene rings is 3. The van der Waals surface area contributed by atoms with E-state index in [1.165, 1.54) is 18.6 Å². The molecule has 0 radical (unpaired) electrons. The lowest BCUT2D eigenvalue weighted by Gasteiger charge is -2.28. The van der Waals surface area contributed by atoms with Crippen LogP contribution in [0.4, 0.5) is 3.89 Å². The number of hydrogen-bond acceptors (Lipinski definition) is 4. The molecule has 5 aromatic rings. The van der Waals surface area contributed by atoms with Crippen LogP contribution in [-0.4, -0.2) is 18.0 Å². The largest absolute Gasteiger partial charge is 0.488 e. The van der Waals surface area contributed by atoms with E-state index >= 15 is 0 Å². The van der Waals surface area contributed by atoms with Crippen molar-refractivity contribution >= 4 is 43.3 Å². The number of rotatable bonds is 5. The molecule has 0 bridgehead atoms. The van der Waals surface area contributed by atoms with Gasteiger partial charge in [-0.25, -0.2) is 0 Å². The van der Waals surface area contributed by atoms with Gasteiger partial charge in [0.25, 0.3) is 0 Å². The Morgan fingerprint density at radius 3 is 2.52 bits per heavy atom. The first-order chi connectivity index (χ1) is 19.1. The van der Waals surface area contributed by atoms with E-state index in [0.717, 1.165) is 64.4 Å². The van der Waals surface area contributed by atoms with Gasteiger partial charge in [-0.05, 0) is 71.8 Å². The quantitative estimate of drug-likeness (QED) is 0.179. The second-order valence-electron chi connectivity index (χ2n) is 10.9. The van der Waals surface area contributed by atoms with Gasteiger partial charge in [-0.1, -0.05) is 61.1 Å². The van der Waals surface area contributed by atoms with Gasteiger partial charge in [-0.2, -0.15) is 8.42 Å². The molecule has 0 unspecified atom stereocenters. The molecule has 3 aromatic carbocycles. The van der Waals surface area contributed by atoms with Gasteiger partial charge in [-0.15, -0.1) is 6.42 Å². The smallest absolute Gasteiger partial charge is 0.358 e. The maximum atomic E-state index is 14.2. The monoisotopic (exact) mass is 556 g/mol. The summed E-state index contributed by atoms with van der Waals surface area (Å²) in [6.45, 7) is 4.09. The molecule has 204 valence electrons. The normalized spacial score (nSPS) is 14.8. The molecule has 0 atom stereocenters. The molecule has 1 aliphatic rings. The first-order valence-electron chi connectivity index (χ1n) is 13.5. The van der Waals surface area contributed by atoms with E-state index in [1.54, 1.807) is 6.07 Å². The van der Waals surface area contributed by atoms with Gasteiger partial charge < -0.3 is 13.7 Å². The predicted molar refractivity (Wildman–Crippen MR) is 158 cm³/mol. The summed E-state index contributed by atoms with van der Waals surface area (Å²) in [5, 5.41) is 2.13. The Morgan fingerprint density at radius 1 is 1.05 bits per heavy atom. The highest BCUT2D eigenvalue weighted by Crippen LogP contribution is 2.39. The summed E-state index contributed by atoms with van der Waals surface area (Å²) in [5.74, 6) is 2.61. The third kappa shape index (κ3) is 4.54. The fourth-order valence-electron chi connectivity index (χ4n) is 6.20. The number of nitrogens with one attached hydrogen (secondary N) is 1. The van der Waals surface area contributed by atoms with Gasteiger partial charge in [0.05, 0.1) is 10.9 Å². The first kappa shape index (κ1) is 26.1. The highest BCUT2D eigenvalue weighted by molar-refractivity contribution is 7.81. The molecule has 1 saturated carbocycles. The molecule has 1 fully saturated rings. The Morgan fingerprint density at radius 2 is 1.82 bits per heavy atom. The predicted octanol–water partition coefficient (Wildman–Crippen LogP) is 7.51. The Kier molecular flexibility index (Phi) is 6.42. The molecular formula is C32H29FN2O4S. The zero-order chi connectivity index (χ0) is 28.2. The third-order valence-electron chi connectivity index (χ3n) is 7.99. The van der Waals surface area contributed by atoms with E-state index in [0.29, 0.717) is 16.3 Å². The van der Waals surface area contributed by atoms with Gasteiger partial charge in [0, 0.05) is 27.9 Å². The van der Waals surface area contributed by atoms with Gasteiger partial charge in [0.15, 0.2) is 5.43 Å². The fourth-order valence-corrected chi connectivity index (χ4v) is 6.54. The lowest BCUT2D eigenvalue weighted by Crippen LogP contribution is -2.18. The van der Waals surface area contributed by atoms with Crippen molar-refractivity contribution in [2.24, 2.45) is 0 Å². The second kappa shape index (κ2) is 9.83. The molecule has 2 heterocycles. The number of fused-ring (bicyclic) bond motifs is 4. The topological polar surface area (TPSA) is 81.2 Å². The number of aromatic nitrogens is 2. The number of halogens is 1. The molecule has 6 rings (SSSR count). The van der Waals surface area contributed by atoms with Crippen molar-refractivity contribution < 1.29 is 16.5 Å². The SMILES string of the molecule is C#Cc1ccc2c(c1)[nH]c1c2c(=O)c2cc(C(C)C)c(-c3cccc(OS(=O)(=O)F)c3)cc2n1C1CCCCC1. The lowest BCUT2D eigenvalue weighted by atomic mass is 9.89. The standard InChI is InChI=1S/C32H29FN2O4S/c1-4-20-13-14-24-28(15-20)34-32-30(24)31(36)27-17-25(19(2)3)26(18-29(27)35(32)22-10-6-5-7-11-22)21-9-8-12-23(16-21)39-40(33,37)38/h1,8-9,12-19,22,34H,5-7,10-11H2,2-3H3. The molecule has 0 amide bonds. The molecule has 1 N–H and O–H groups in total. The number of pyridine rings is 1. The number of hydrogen-bond donors (Lipinski definition) is 1.